The van der Waals surface area contributed by atoms with E-state index in [9.17, 15) is 0 Å². The van der Waals surface area contributed by atoms with Crippen molar-refractivity contribution in [3.05, 3.63) is 35.9 Å². The van der Waals surface area contributed by atoms with Crippen LogP contribution in [0.25, 0.3) is 0 Å². The number of nitrogens with one attached hydrogen (secondary N) is 1. The van der Waals surface area contributed by atoms with Gasteiger partial charge < -0.3 is 14.8 Å². The Bertz CT molecular complexity index is 290. The predicted molar refractivity (Wildman–Crippen MR) is 70.1 cm³/mol. The summed E-state index contributed by atoms with van der Waals surface area (Å²) >= 11 is 0. The molecule has 1 aromatic rings. The van der Waals surface area contributed by atoms with Gasteiger partial charge in [0.1, 0.15) is 0 Å². The molecule has 3 nitrogen and oxygen atoms in total. The highest BCUT2D eigenvalue weighted by Gasteiger charge is 2.20. The van der Waals surface area contributed by atoms with Crippen molar-refractivity contribution >= 4 is 0 Å². The van der Waals surface area contributed by atoms with Crippen LogP contribution in [-0.2, 0) is 9.47 Å². The maximum absolute atomic E-state index is 5.62. The summed E-state index contributed by atoms with van der Waals surface area (Å²) in [5.74, 6) is 0. The second kappa shape index (κ2) is 8.23. The van der Waals surface area contributed by atoms with Crippen molar-refractivity contribution in [3.8, 4) is 0 Å². The van der Waals surface area contributed by atoms with E-state index < -0.39 is 0 Å². The lowest BCUT2D eigenvalue weighted by Crippen LogP contribution is -2.33. The molecule has 17 heavy (non-hydrogen) atoms. The van der Waals surface area contributed by atoms with Gasteiger partial charge in [0.2, 0.25) is 0 Å². The third kappa shape index (κ3) is 4.46. The van der Waals surface area contributed by atoms with E-state index in [4.69, 9.17) is 9.47 Å². The highest BCUT2D eigenvalue weighted by Crippen LogP contribution is 2.22. The Balaban J connectivity index is 2.63. The molecule has 0 spiro atoms. The van der Waals surface area contributed by atoms with Crippen molar-refractivity contribution in [1.29, 1.82) is 0 Å². The van der Waals surface area contributed by atoms with E-state index in [2.05, 4.69) is 17.4 Å². The van der Waals surface area contributed by atoms with Crippen molar-refractivity contribution in [2.24, 2.45) is 0 Å². The number of benzene rings is 1. The Kier molecular flexibility index (Phi) is 6.86. The maximum atomic E-state index is 5.62. The molecule has 2 atom stereocenters. The molecule has 0 amide bonds. The molecule has 1 aromatic carbocycles. The number of hydrogen-bond acceptors (Lipinski definition) is 3. The van der Waals surface area contributed by atoms with Gasteiger partial charge in [-0.25, -0.2) is 0 Å². The summed E-state index contributed by atoms with van der Waals surface area (Å²) in [5, 5.41) is 3.33. The maximum Gasteiger partial charge on any atom is 0.0973 e. The minimum absolute atomic E-state index is 0.0954. The molecule has 0 aliphatic rings. The molecule has 0 saturated heterocycles. The zero-order chi connectivity index (χ0) is 12.5. The molecule has 1 N–H and O–H groups in total. The molecule has 3 heteroatoms. The number of methoxy groups -OCH3 is 2. The Hall–Kier alpha value is -0.900. The zero-order valence-corrected chi connectivity index (χ0v) is 11.0. The van der Waals surface area contributed by atoms with E-state index in [-0.39, 0.29) is 6.10 Å². The van der Waals surface area contributed by atoms with E-state index in [1.807, 2.05) is 25.2 Å². The molecular formula is C14H23NO2. The smallest absolute Gasteiger partial charge is 0.0973 e. The normalized spacial score (nSPS) is 14.5. The average molecular weight is 237 g/mol. The van der Waals surface area contributed by atoms with Gasteiger partial charge in [0.25, 0.3) is 0 Å². The fourth-order valence-electron chi connectivity index (χ4n) is 2.07. The monoisotopic (exact) mass is 237 g/mol. The summed E-state index contributed by atoms with van der Waals surface area (Å²) < 4.78 is 10.7. The lowest BCUT2D eigenvalue weighted by molar-refractivity contribution is 0.0636. The Morgan fingerprint density at radius 3 is 2.41 bits per heavy atom. The SMILES string of the molecule is CNC(CCCOC)C(OC)c1ccccc1. The molecule has 2 unspecified atom stereocenters. The van der Waals surface area contributed by atoms with Crippen LogP contribution in [0.15, 0.2) is 30.3 Å². The number of rotatable bonds is 8. The Morgan fingerprint density at radius 1 is 1.18 bits per heavy atom. The lowest BCUT2D eigenvalue weighted by atomic mass is 9.98. The van der Waals surface area contributed by atoms with Gasteiger partial charge in [0.05, 0.1) is 6.10 Å². The van der Waals surface area contributed by atoms with Gasteiger partial charge in [-0.05, 0) is 25.5 Å². The third-order valence-corrected chi connectivity index (χ3v) is 2.98. The average Bonchev–Trinajstić information content (AvgIpc) is 2.39. The van der Waals surface area contributed by atoms with E-state index in [0.717, 1.165) is 19.4 Å². The summed E-state index contributed by atoms with van der Waals surface area (Å²) in [5.41, 5.74) is 1.21. The first-order chi connectivity index (χ1) is 8.33. The molecule has 96 valence electrons. The van der Waals surface area contributed by atoms with Crippen LogP contribution < -0.4 is 5.32 Å². The van der Waals surface area contributed by atoms with Gasteiger partial charge in [-0.3, -0.25) is 0 Å². The lowest BCUT2D eigenvalue weighted by Gasteiger charge is -2.26. The van der Waals surface area contributed by atoms with Crippen molar-refractivity contribution in [2.45, 2.75) is 25.0 Å². The van der Waals surface area contributed by atoms with Gasteiger partial charge in [-0.1, -0.05) is 30.3 Å². The van der Waals surface area contributed by atoms with Crippen LogP contribution in [0, 0.1) is 0 Å². The molecule has 0 radical (unpaired) electrons. The topological polar surface area (TPSA) is 30.5 Å². The van der Waals surface area contributed by atoms with Crippen LogP contribution in [0.5, 0.6) is 0 Å². The molecule has 0 heterocycles. The third-order valence-electron chi connectivity index (χ3n) is 2.98. The minimum Gasteiger partial charge on any atom is -0.385 e. The summed E-state index contributed by atoms with van der Waals surface area (Å²) in [4.78, 5) is 0. The number of hydrogen-bond donors (Lipinski definition) is 1. The summed E-state index contributed by atoms with van der Waals surface area (Å²) in [6, 6.07) is 10.6. The van der Waals surface area contributed by atoms with Gasteiger partial charge in [0.15, 0.2) is 0 Å². The van der Waals surface area contributed by atoms with E-state index in [1.165, 1.54) is 5.56 Å². The van der Waals surface area contributed by atoms with Gasteiger partial charge in [-0.15, -0.1) is 0 Å². The van der Waals surface area contributed by atoms with E-state index >= 15 is 0 Å². The molecule has 0 bridgehead atoms. The fraction of sp³-hybridized carbons (Fsp3) is 0.571. The number of ether oxygens (including phenoxy) is 2. The number of likely N-dealkylation sites (N-methyl/N-ethyl adjacent to an activating group) is 1. The Morgan fingerprint density at radius 2 is 1.88 bits per heavy atom. The summed E-state index contributed by atoms with van der Waals surface area (Å²) in [6.45, 7) is 0.795. The standard InChI is InChI=1S/C14H23NO2/c1-15-13(10-7-11-16-2)14(17-3)12-8-5-4-6-9-12/h4-6,8-9,13-15H,7,10-11H2,1-3H3. The van der Waals surface area contributed by atoms with Crippen molar-refractivity contribution in [3.63, 3.8) is 0 Å². The summed E-state index contributed by atoms with van der Waals surface area (Å²) in [6.07, 6.45) is 2.17. The first-order valence-corrected chi connectivity index (χ1v) is 6.07. The van der Waals surface area contributed by atoms with E-state index in [1.54, 1.807) is 14.2 Å². The van der Waals surface area contributed by atoms with Crippen LogP contribution in [0.1, 0.15) is 24.5 Å². The van der Waals surface area contributed by atoms with Crippen LogP contribution in [0.4, 0.5) is 0 Å². The molecule has 0 fully saturated rings. The van der Waals surface area contributed by atoms with Crippen molar-refractivity contribution in [2.75, 3.05) is 27.9 Å². The minimum atomic E-state index is 0.0954. The van der Waals surface area contributed by atoms with Crippen molar-refractivity contribution < 1.29 is 9.47 Å². The Labute approximate surface area is 104 Å². The van der Waals surface area contributed by atoms with Crippen LogP contribution >= 0.6 is 0 Å². The molecule has 0 aliphatic heterocycles. The molecule has 0 aliphatic carbocycles. The summed E-state index contributed by atoms with van der Waals surface area (Å²) in [7, 11) is 5.48. The quantitative estimate of drug-likeness (QED) is 0.704. The molecule has 1 rings (SSSR count). The van der Waals surface area contributed by atoms with Crippen LogP contribution in [0.3, 0.4) is 0 Å². The zero-order valence-electron chi connectivity index (χ0n) is 11.0. The predicted octanol–water partition coefficient (Wildman–Crippen LogP) is 2.39. The van der Waals surface area contributed by atoms with Gasteiger partial charge >= 0.3 is 0 Å². The molecule has 0 saturated carbocycles. The fourth-order valence-corrected chi connectivity index (χ4v) is 2.07. The van der Waals surface area contributed by atoms with Crippen LogP contribution in [-0.4, -0.2) is 33.9 Å². The van der Waals surface area contributed by atoms with Gasteiger partial charge in [0, 0.05) is 26.9 Å². The first-order valence-electron chi connectivity index (χ1n) is 6.07. The van der Waals surface area contributed by atoms with E-state index in [0.29, 0.717) is 6.04 Å². The molecular weight excluding hydrogens is 214 g/mol. The molecule has 0 aromatic heterocycles. The first kappa shape index (κ1) is 14.2. The van der Waals surface area contributed by atoms with Crippen molar-refractivity contribution in [1.82, 2.24) is 5.32 Å². The largest absolute Gasteiger partial charge is 0.385 e. The highest BCUT2D eigenvalue weighted by molar-refractivity contribution is 5.19. The van der Waals surface area contributed by atoms with Gasteiger partial charge in [-0.2, -0.15) is 0 Å². The van der Waals surface area contributed by atoms with Crippen LogP contribution in [0.2, 0.25) is 0 Å². The second-order valence-electron chi connectivity index (χ2n) is 4.10. The second-order valence-corrected chi connectivity index (χ2v) is 4.10. The highest BCUT2D eigenvalue weighted by atomic mass is 16.5.